The zero-order valence-corrected chi connectivity index (χ0v) is 13.1. The Bertz CT molecular complexity index is 461. The van der Waals surface area contributed by atoms with Gasteiger partial charge in [0.2, 0.25) is 5.67 Å². The van der Waals surface area contributed by atoms with Crippen molar-refractivity contribution in [3.05, 3.63) is 28.8 Å². The number of carbonyl (C=O) groups is 1. The van der Waals surface area contributed by atoms with Crippen molar-refractivity contribution in [1.29, 1.82) is 0 Å². The lowest BCUT2D eigenvalue weighted by Gasteiger charge is -2.19. The van der Waals surface area contributed by atoms with Crippen LogP contribution in [0.5, 0.6) is 0 Å². The molecule has 0 spiro atoms. The normalized spacial score (nSPS) is 14.3. The second kappa shape index (κ2) is 6.62. The van der Waals surface area contributed by atoms with Crippen LogP contribution in [0.3, 0.4) is 0 Å². The van der Waals surface area contributed by atoms with Crippen molar-refractivity contribution in [1.82, 2.24) is 0 Å². The maximum absolute atomic E-state index is 14.4. The van der Waals surface area contributed by atoms with E-state index in [1.807, 2.05) is 13.8 Å². The highest BCUT2D eigenvalue weighted by molar-refractivity contribution is 8.00. The topological polar surface area (TPSA) is 26.3 Å². The van der Waals surface area contributed by atoms with Crippen LogP contribution in [-0.2, 0) is 15.2 Å². The molecule has 0 aliphatic carbocycles. The van der Waals surface area contributed by atoms with Crippen LogP contribution in [0, 0.1) is 0 Å². The zero-order valence-electron chi connectivity index (χ0n) is 11.5. The molecule has 1 unspecified atom stereocenters. The Morgan fingerprint density at radius 3 is 2.63 bits per heavy atom. The molecule has 19 heavy (non-hydrogen) atoms. The van der Waals surface area contributed by atoms with Crippen molar-refractivity contribution in [3.63, 3.8) is 0 Å². The van der Waals surface area contributed by atoms with Crippen molar-refractivity contribution >= 4 is 29.3 Å². The first-order chi connectivity index (χ1) is 8.78. The summed E-state index contributed by atoms with van der Waals surface area (Å²) in [6.45, 7) is 7.07. The molecule has 0 aromatic heterocycles. The minimum Gasteiger partial charge on any atom is -0.463 e. The van der Waals surface area contributed by atoms with E-state index in [1.54, 1.807) is 30.8 Å². The molecule has 0 N–H and O–H groups in total. The summed E-state index contributed by atoms with van der Waals surface area (Å²) < 4.78 is 19.2. The molecule has 0 aliphatic rings. The Balaban J connectivity index is 3.02. The van der Waals surface area contributed by atoms with Gasteiger partial charge in [-0.2, -0.15) is 0 Å². The molecule has 1 aromatic carbocycles. The molecular formula is C14H18ClFO2S. The van der Waals surface area contributed by atoms with Crippen LogP contribution >= 0.6 is 23.4 Å². The van der Waals surface area contributed by atoms with E-state index in [0.29, 0.717) is 10.3 Å². The maximum Gasteiger partial charge on any atom is 0.348 e. The van der Waals surface area contributed by atoms with Crippen LogP contribution in [0.15, 0.2) is 23.1 Å². The fourth-order valence-corrected chi connectivity index (χ4v) is 2.67. The summed E-state index contributed by atoms with van der Waals surface area (Å²) in [7, 11) is 0. The fourth-order valence-electron chi connectivity index (χ4n) is 1.53. The van der Waals surface area contributed by atoms with Crippen LogP contribution in [0.1, 0.15) is 33.3 Å². The van der Waals surface area contributed by atoms with E-state index in [-0.39, 0.29) is 12.2 Å². The van der Waals surface area contributed by atoms with E-state index in [2.05, 4.69) is 0 Å². The number of benzene rings is 1. The van der Waals surface area contributed by atoms with Crippen LogP contribution in [0.4, 0.5) is 4.39 Å². The highest BCUT2D eigenvalue weighted by atomic mass is 35.5. The summed E-state index contributed by atoms with van der Waals surface area (Å²) in [5.74, 6) is -0.893. The lowest BCUT2D eigenvalue weighted by Crippen LogP contribution is -2.29. The molecule has 0 saturated carbocycles. The first-order valence-electron chi connectivity index (χ1n) is 6.11. The standard InChI is InChI=1S/C14H18ClFO2S/c1-5-18-13(17)14(4,16)10-6-7-12(11(15)8-10)19-9(2)3/h6-9H,5H2,1-4H3. The Morgan fingerprint density at radius 1 is 1.53 bits per heavy atom. The number of rotatable bonds is 5. The minimum atomic E-state index is -2.18. The van der Waals surface area contributed by atoms with Crippen molar-refractivity contribution in [2.75, 3.05) is 6.61 Å². The van der Waals surface area contributed by atoms with E-state index in [9.17, 15) is 9.18 Å². The van der Waals surface area contributed by atoms with Gasteiger partial charge in [0.15, 0.2) is 0 Å². The molecule has 0 amide bonds. The highest BCUT2D eigenvalue weighted by Crippen LogP contribution is 2.35. The van der Waals surface area contributed by atoms with E-state index >= 15 is 0 Å². The lowest BCUT2D eigenvalue weighted by atomic mass is 9.98. The van der Waals surface area contributed by atoms with E-state index in [0.717, 1.165) is 4.90 Å². The van der Waals surface area contributed by atoms with Gasteiger partial charge in [-0.15, -0.1) is 11.8 Å². The second-order valence-electron chi connectivity index (χ2n) is 4.54. The van der Waals surface area contributed by atoms with E-state index < -0.39 is 11.6 Å². The van der Waals surface area contributed by atoms with Gasteiger partial charge in [-0.05, 0) is 26.0 Å². The Morgan fingerprint density at radius 2 is 2.16 bits per heavy atom. The monoisotopic (exact) mass is 304 g/mol. The number of alkyl halides is 1. The number of halogens is 2. The third-order valence-electron chi connectivity index (χ3n) is 2.50. The minimum absolute atomic E-state index is 0.146. The molecule has 0 heterocycles. The van der Waals surface area contributed by atoms with Gasteiger partial charge < -0.3 is 4.74 Å². The third-order valence-corrected chi connectivity index (χ3v) is 4.00. The molecule has 0 fully saturated rings. The summed E-state index contributed by atoms with van der Waals surface area (Å²) in [5, 5.41) is 0.828. The SMILES string of the molecule is CCOC(=O)C(C)(F)c1ccc(SC(C)C)c(Cl)c1. The zero-order chi connectivity index (χ0) is 14.6. The largest absolute Gasteiger partial charge is 0.463 e. The fraction of sp³-hybridized carbons (Fsp3) is 0.500. The molecule has 0 saturated heterocycles. The van der Waals surface area contributed by atoms with Gasteiger partial charge in [-0.1, -0.05) is 31.5 Å². The van der Waals surface area contributed by atoms with E-state index in [4.69, 9.17) is 16.3 Å². The predicted molar refractivity (Wildman–Crippen MR) is 77.5 cm³/mol. The lowest BCUT2D eigenvalue weighted by molar-refractivity contribution is -0.156. The first kappa shape index (κ1) is 16.3. The predicted octanol–water partition coefficient (Wildman–Crippen LogP) is 4.59. The molecule has 1 aromatic rings. The first-order valence-corrected chi connectivity index (χ1v) is 7.37. The van der Waals surface area contributed by atoms with Crippen LogP contribution in [-0.4, -0.2) is 17.8 Å². The van der Waals surface area contributed by atoms with Crippen molar-refractivity contribution in [2.45, 2.75) is 43.5 Å². The summed E-state index contributed by atoms with van der Waals surface area (Å²) in [6, 6.07) is 4.80. The number of hydrogen-bond acceptors (Lipinski definition) is 3. The van der Waals surface area contributed by atoms with Crippen LogP contribution in [0.2, 0.25) is 5.02 Å². The van der Waals surface area contributed by atoms with Crippen LogP contribution in [0.25, 0.3) is 0 Å². The van der Waals surface area contributed by atoms with E-state index in [1.165, 1.54) is 13.0 Å². The molecule has 0 aliphatic heterocycles. The third kappa shape index (κ3) is 4.11. The molecule has 2 nitrogen and oxygen atoms in total. The average molecular weight is 305 g/mol. The van der Waals surface area contributed by atoms with Gasteiger partial charge in [0, 0.05) is 15.7 Å². The number of ether oxygens (including phenoxy) is 1. The van der Waals surface area contributed by atoms with Gasteiger partial charge in [-0.3, -0.25) is 0 Å². The molecule has 1 atom stereocenters. The Hall–Kier alpha value is -0.740. The van der Waals surface area contributed by atoms with Gasteiger partial charge in [-0.25, -0.2) is 9.18 Å². The Labute approximate surface area is 122 Å². The maximum atomic E-state index is 14.4. The van der Waals surface area contributed by atoms with Gasteiger partial charge >= 0.3 is 5.97 Å². The number of carbonyl (C=O) groups excluding carboxylic acids is 1. The number of thioether (sulfide) groups is 1. The smallest absolute Gasteiger partial charge is 0.348 e. The second-order valence-corrected chi connectivity index (χ2v) is 6.56. The summed E-state index contributed by atoms with van der Waals surface area (Å²) in [6.07, 6.45) is 0. The van der Waals surface area contributed by atoms with Crippen LogP contribution < -0.4 is 0 Å². The summed E-state index contributed by atoms with van der Waals surface area (Å²) in [5.41, 5.74) is -1.97. The van der Waals surface area contributed by atoms with Gasteiger partial charge in [0.05, 0.1) is 11.6 Å². The van der Waals surface area contributed by atoms with Crippen molar-refractivity contribution in [2.24, 2.45) is 0 Å². The van der Waals surface area contributed by atoms with Gasteiger partial charge in [0.1, 0.15) is 0 Å². The molecule has 5 heteroatoms. The summed E-state index contributed by atoms with van der Waals surface area (Å²) in [4.78, 5) is 12.5. The molecular weight excluding hydrogens is 287 g/mol. The van der Waals surface area contributed by atoms with Crippen molar-refractivity contribution < 1.29 is 13.9 Å². The number of hydrogen-bond donors (Lipinski definition) is 0. The molecule has 1 rings (SSSR count). The average Bonchev–Trinajstić information content (AvgIpc) is 2.31. The Kier molecular flexibility index (Phi) is 5.68. The molecule has 0 radical (unpaired) electrons. The summed E-state index contributed by atoms with van der Waals surface area (Å²) >= 11 is 7.71. The highest BCUT2D eigenvalue weighted by Gasteiger charge is 2.37. The van der Waals surface area contributed by atoms with Gasteiger partial charge in [0.25, 0.3) is 0 Å². The molecule has 106 valence electrons. The molecule has 0 bridgehead atoms. The van der Waals surface area contributed by atoms with Crippen molar-refractivity contribution in [3.8, 4) is 0 Å². The quantitative estimate of drug-likeness (QED) is 0.588. The number of esters is 1.